The second-order valence-electron chi connectivity index (χ2n) is 12.7. The topological polar surface area (TPSA) is 236 Å². The molecule has 4 heterocycles. The van der Waals surface area contributed by atoms with Crippen LogP contribution in [0.1, 0.15) is 62.1 Å². The van der Waals surface area contributed by atoms with Gasteiger partial charge in [0.05, 0.1) is 11.9 Å². The molecule has 3 amide bonds. The van der Waals surface area contributed by atoms with E-state index < -0.39 is 35.6 Å². The van der Waals surface area contributed by atoms with Crippen LogP contribution < -0.4 is 21.7 Å². The van der Waals surface area contributed by atoms with Crippen LogP contribution in [0.25, 0.3) is 34.5 Å². The van der Waals surface area contributed by atoms with Crippen molar-refractivity contribution in [2.75, 3.05) is 19.5 Å². The molecule has 5 rings (SSSR count). The number of halogens is 1. The van der Waals surface area contributed by atoms with E-state index in [1.54, 1.807) is 38.1 Å². The molecule has 0 radical (unpaired) electrons. The number of benzene rings is 1. The first kappa shape index (κ1) is 40.9. The van der Waals surface area contributed by atoms with E-state index in [4.69, 9.17) is 45.1 Å². The highest BCUT2D eigenvalue weighted by Gasteiger charge is 2.38. The van der Waals surface area contributed by atoms with E-state index in [1.807, 2.05) is 19.9 Å². The highest BCUT2D eigenvalue weighted by molar-refractivity contribution is 9.09. The van der Waals surface area contributed by atoms with Gasteiger partial charge in [0, 0.05) is 19.8 Å². The maximum atomic E-state index is 14.1. The van der Waals surface area contributed by atoms with Crippen LogP contribution in [0.3, 0.4) is 0 Å². The highest BCUT2D eigenvalue weighted by atomic mass is 79.9. The Bertz CT molecular complexity index is 2100. The standard InChI is InChI=1S/C36H41BrN8O9S/c1-7-19(4)26(31(47)43-25(18(2)3)30(46)39-13-24-40-22(15-51-24)33-41-21(14-52-33)29(38)55)44-32(48)27-28(20-11-9-8-10-12-20)54-34(45-27)23-16-53-35(42-23)36(17-37,49-5)50-6/h8-12,14-16,18-19,25-26H,7,13,17H2,1-6H3,(H2,38,55)(H,39,46)(H,43,47)(H,44,48)/t19-,25+,26+/m0/s1. The van der Waals surface area contributed by atoms with Crippen LogP contribution in [0.4, 0.5) is 0 Å². The number of amides is 3. The molecule has 0 unspecified atom stereocenters. The molecular weight excluding hydrogens is 800 g/mol. The molecule has 0 aliphatic carbocycles. The largest absolute Gasteiger partial charge is 0.446 e. The zero-order valence-corrected chi connectivity index (χ0v) is 33.3. The van der Waals surface area contributed by atoms with E-state index in [9.17, 15) is 14.4 Å². The molecular formula is C36H41BrN8O9S. The molecule has 0 aliphatic rings. The van der Waals surface area contributed by atoms with Crippen molar-refractivity contribution in [3.63, 3.8) is 0 Å². The van der Waals surface area contributed by atoms with Crippen molar-refractivity contribution in [3.8, 4) is 34.5 Å². The summed E-state index contributed by atoms with van der Waals surface area (Å²) in [5, 5.41) is 8.61. The predicted molar refractivity (Wildman–Crippen MR) is 204 cm³/mol. The zero-order chi connectivity index (χ0) is 39.9. The quantitative estimate of drug-likeness (QED) is 0.0531. The maximum absolute atomic E-state index is 14.1. The van der Waals surface area contributed by atoms with Crippen molar-refractivity contribution in [2.45, 2.75) is 58.5 Å². The molecule has 5 N–H and O–H groups in total. The third kappa shape index (κ3) is 9.18. The second-order valence-corrected chi connectivity index (χ2v) is 13.7. The van der Waals surface area contributed by atoms with Crippen molar-refractivity contribution in [2.24, 2.45) is 17.6 Å². The number of hydrogen-bond donors (Lipinski definition) is 4. The lowest BCUT2D eigenvalue weighted by molar-refractivity contribution is -0.211. The number of thiocarbonyl (C=S) groups is 1. The number of oxazole rings is 4. The van der Waals surface area contributed by atoms with E-state index in [0.29, 0.717) is 17.7 Å². The van der Waals surface area contributed by atoms with Gasteiger partial charge in [-0.3, -0.25) is 14.4 Å². The molecule has 19 heteroatoms. The Morgan fingerprint density at radius 3 is 2.20 bits per heavy atom. The first-order valence-electron chi connectivity index (χ1n) is 17.1. The van der Waals surface area contributed by atoms with Gasteiger partial charge in [0.1, 0.15) is 41.6 Å². The Kier molecular flexibility index (Phi) is 13.3. The van der Waals surface area contributed by atoms with Crippen LogP contribution in [0.15, 0.2) is 66.8 Å². The van der Waals surface area contributed by atoms with Gasteiger partial charge in [-0.15, -0.1) is 0 Å². The number of aromatic nitrogens is 4. The summed E-state index contributed by atoms with van der Waals surface area (Å²) in [6.45, 7) is 7.18. The number of hydrogen-bond acceptors (Lipinski definition) is 14. The molecule has 0 spiro atoms. The minimum atomic E-state index is -1.32. The molecule has 5 aromatic rings. The fourth-order valence-electron chi connectivity index (χ4n) is 5.30. The average Bonchev–Trinajstić information content (AvgIpc) is 4.02. The molecule has 0 bridgehead atoms. The van der Waals surface area contributed by atoms with Crippen LogP contribution in [0.2, 0.25) is 0 Å². The van der Waals surface area contributed by atoms with Gasteiger partial charge in [-0.2, -0.15) is 0 Å². The van der Waals surface area contributed by atoms with E-state index in [-0.39, 0.29) is 75.1 Å². The van der Waals surface area contributed by atoms with Gasteiger partial charge in [-0.1, -0.05) is 92.6 Å². The third-order valence-corrected chi connectivity index (χ3v) is 9.68. The van der Waals surface area contributed by atoms with Gasteiger partial charge in [0.15, 0.2) is 22.8 Å². The van der Waals surface area contributed by atoms with Crippen molar-refractivity contribution in [1.82, 2.24) is 35.9 Å². The van der Waals surface area contributed by atoms with Crippen LogP contribution in [-0.4, -0.2) is 74.3 Å². The lowest BCUT2D eigenvalue weighted by Gasteiger charge is -2.27. The number of alkyl halides is 1. The number of nitrogens with zero attached hydrogens (tertiary/aromatic N) is 4. The molecule has 1 aromatic carbocycles. The van der Waals surface area contributed by atoms with Gasteiger partial charge >= 0.3 is 0 Å². The number of carbonyl (C=O) groups excluding carboxylic acids is 3. The average molecular weight is 842 g/mol. The minimum Gasteiger partial charge on any atom is -0.446 e. The zero-order valence-electron chi connectivity index (χ0n) is 30.9. The molecule has 0 saturated heterocycles. The first-order chi connectivity index (χ1) is 26.3. The summed E-state index contributed by atoms with van der Waals surface area (Å²) in [7, 11) is 2.89. The molecule has 0 aliphatic heterocycles. The monoisotopic (exact) mass is 840 g/mol. The number of ether oxygens (including phenoxy) is 2. The molecule has 0 fully saturated rings. The fraction of sp³-hybridized carbons (Fsp3) is 0.389. The SMILES string of the molecule is CC[C@H](C)[C@@H](NC(=O)c1nc(-c2coc(C(CBr)(OC)OC)n2)oc1-c1ccccc1)C(=O)N[C@@H](C(=O)NCc1nc(-c2nc(C(N)=S)co2)co1)C(C)C. The Morgan fingerprint density at radius 2 is 1.58 bits per heavy atom. The van der Waals surface area contributed by atoms with Crippen LogP contribution in [0.5, 0.6) is 0 Å². The summed E-state index contributed by atoms with van der Waals surface area (Å²) in [6, 6.07) is 6.87. The Hall–Kier alpha value is -5.24. The molecule has 55 heavy (non-hydrogen) atoms. The van der Waals surface area contributed by atoms with Crippen molar-refractivity contribution < 1.29 is 41.5 Å². The number of methoxy groups -OCH3 is 2. The van der Waals surface area contributed by atoms with Crippen LogP contribution in [0, 0.1) is 11.8 Å². The highest BCUT2D eigenvalue weighted by Crippen LogP contribution is 2.33. The van der Waals surface area contributed by atoms with Gasteiger partial charge < -0.3 is 48.8 Å². The summed E-state index contributed by atoms with van der Waals surface area (Å²) in [5.74, 6) is -3.21. The lowest BCUT2D eigenvalue weighted by Crippen LogP contribution is -2.57. The second kappa shape index (κ2) is 17.9. The number of rotatable bonds is 18. The third-order valence-electron chi connectivity index (χ3n) is 8.73. The minimum absolute atomic E-state index is 0.0150. The Morgan fingerprint density at radius 1 is 0.891 bits per heavy atom. The summed E-state index contributed by atoms with van der Waals surface area (Å²) in [5.41, 5.74) is 6.81. The van der Waals surface area contributed by atoms with Crippen molar-refractivity contribution in [1.29, 1.82) is 0 Å². The van der Waals surface area contributed by atoms with Gasteiger partial charge in [-0.25, -0.2) is 19.9 Å². The van der Waals surface area contributed by atoms with Crippen LogP contribution in [-0.2, 0) is 31.4 Å². The smallest absolute Gasteiger partial charge is 0.274 e. The lowest BCUT2D eigenvalue weighted by atomic mass is 9.96. The molecule has 4 aromatic heterocycles. The normalized spacial score (nSPS) is 13.3. The van der Waals surface area contributed by atoms with Gasteiger partial charge in [0.25, 0.3) is 17.6 Å². The summed E-state index contributed by atoms with van der Waals surface area (Å²) in [4.78, 5) is 58.9. The summed E-state index contributed by atoms with van der Waals surface area (Å²) >= 11 is 8.27. The fourth-order valence-corrected chi connectivity index (χ4v) is 6.09. The molecule has 3 atom stereocenters. The number of carbonyl (C=O) groups is 3. The molecule has 292 valence electrons. The first-order valence-corrected chi connectivity index (χ1v) is 18.6. The summed E-state index contributed by atoms with van der Waals surface area (Å²) < 4.78 is 33.6. The summed E-state index contributed by atoms with van der Waals surface area (Å²) in [6.07, 6.45) is 4.46. The van der Waals surface area contributed by atoms with Gasteiger partial charge in [0.2, 0.25) is 29.5 Å². The Balaban J connectivity index is 1.33. The van der Waals surface area contributed by atoms with E-state index in [2.05, 4.69) is 51.8 Å². The Labute approximate surface area is 329 Å². The van der Waals surface area contributed by atoms with Crippen molar-refractivity contribution >= 4 is 50.9 Å². The molecule has 17 nitrogen and oxygen atoms in total. The maximum Gasteiger partial charge on any atom is 0.274 e. The molecule has 0 saturated carbocycles. The van der Waals surface area contributed by atoms with E-state index >= 15 is 0 Å². The predicted octanol–water partition coefficient (Wildman–Crippen LogP) is 4.72. The van der Waals surface area contributed by atoms with E-state index in [0.717, 1.165) is 0 Å². The van der Waals surface area contributed by atoms with Crippen LogP contribution >= 0.6 is 28.1 Å². The van der Waals surface area contributed by atoms with Gasteiger partial charge in [-0.05, 0) is 11.8 Å². The van der Waals surface area contributed by atoms with Crippen molar-refractivity contribution in [3.05, 3.63) is 72.3 Å². The van der Waals surface area contributed by atoms with E-state index in [1.165, 1.54) is 33.0 Å². The number of nitrogens with one attached hydrogen (secondary N) is 3. The number of nitrogens with two attached hydrogens (primary N) is 1.